The van der Waals surface area contributed by atoms with E-state index in [2.05, 4.69) is 0 Å². The van der Waals surface area contributed by atoms with Crippen LogP contribution in [-0.4, -0.2) is 58.3 Å². The van der Waals surface area contributed by atoms with E-state index in [0.29, 0.717) is 5.56 Å². The fraction of sp³-hybridized carbons (Fsp3) is 0.321. The average Bonchev–Trinajstić information content (AvgIpc) is 2.95. The highest BCUT2D eigenvalue weighted by Crippen LogP contribution is 2.39. The third-order valence-corrected chi connectivity index (χ3v) is 6.75. The number of ether oxygens (including phenoxy) is 5. The van der Waals surface area contributed by atoms with E-state index in [1.807, 2.05) is 60.7 Å². The molecule has 9 nitrogen and oxygen atoms in total. The molecule has 0 aromatic heterocycles. The minimum atomic E-state index is -3.85. The normalized spacial score (nSPS) is 26.2. The molecule has 200 valence electrons. The lowest BCUT2D eigenvalue weighted by Crippen LogP contribution is -2.59. The van der Waals surface area contributed by atoms with Gasteiger partial charge in [-0.1, -0.05) is 78.9 Å². The van der Waals surface area contributed by atoms with Crippen molar-refractivity contribution in [1.29, 1.82) is 0 Å². The number of fused-ring (bicyclic) bond motifs is 1. The van der Waals surface area contributed by atoms with E-state index >= 15 is 0 Å². The molecule has 2 saturated heterocycles. The van der Waals surface area contributed by atoms with E-state index < -0.39 is 59.7 Å². The van der Waals surface area contributed by atoms with Gasteiger partial charge in [0.15, 0.2) is 18.7 Å². The average molecular weight is 541 g/mol. The molecule has 10 heteroatoms. The molecule has 2 heterocycles. The van der Waals surface area contributed by atoms with Gasteiger partial charge in [0.05, 0.1) is 18.4 Å². The molecule has 0 amide bonds. The third kappa shape index (κ3) is 6.47. The molecular weight excluding hydrogens is 512 g/mol. The largest absolute Gasteiger partial charge is 0.453 e. The van der Waals surface area contributed by atoms with E-state index in [1.54, 1.807) is 30.3 Å². The fourth-order valence-corrected chi connectivity index (χ4v) is 4.76. The van der Waals surface area contributed by atoms with Crippen LogP contribution in [0.3, 0.4) is 0 Å². The zero-order valence-corrected chi connectivity index (χ0v) is 21.4. The molecule has 0 saturated carbocycles. The van der Waals surface area contributed by atoms with E-state index in [-0.39, 0.29) is 6.61 Å². The molecule has 0 aliphatic carbocycles. The Morgan fingerprint density at radius 2 is 1.42 bits per heavy atom. The van der Waals surface area contributed by atoms with Gasteiger partial charge in [-0.15, -0.1) is 0 Å². The van der Waals surface area contributed by atoms with Gasteiger partial charge in [0.1, 0.15) is 24.9 Å². The second-order valence-electron chi connectivity index (χ2n) is 8.99. The highest BCUT2D eigenvalue weighted by Gasteiger charge is 2.50. The smallest absolute Gasteiger partial charge is 0.338 e. The van der Waals surface area contributed by atoms with E-state index in [1.165, 1.54) is 0 Å². The summed E-state index contributed by atoms with van der Waals surface area (Å²) < 4.78 is 59.5. The highest BCUT2D eigenvalue weighted by atomic mass is 32.2. The number of rotatable bonds is 8. The molecule has 2 fully saturated rings. The van der Waals surface area contributed by atoms with Crippen LogP contribution in [0.4, 0.5) is 0 Å². The molecule has 2 aliphatic rings. The van der Waals surface area contributed by atoms with Crippen LogP contribution in [0.5, 0.6) is 0 Å². The van der Waals surface area contributed by atoms with Gasteiger partial charge in [0.2, 0.25) is 0 Å². The molecule has 3 aromatic rings. The maximum Gasteiger partial charge on any atom is 0.338 e. The summed E-state index contributed by atoms with van der Waals surface area (Å²) in [5.74, 6) is -0.651. The Labute approximate surface area is 221 Å². The first-order chi connectivity index (χ1) is 18.4. The van der Waals surface area contributed by atoms with Crippen LogP contribution in [0.15, 0.2) is 91.0 Å². The van der Waals surface area contributed by atoms with Crippen molar-refractivity contribution in [3.05, 3.63) is 108 Å². The highest BCUT2D eigenvalue weighted by molar-refractivity contribution is 7.85. The lowest BCUT2D eigenvalue weighted by atomic mass is 9.99. The first-order valence-electron chi connectivity index (χ1n) is 12.2. The second-order valence-corrected chi connectivity index (χ2v) is 10.6. The number of hydrogen-bond acceptors (Lipinski definition) is 9. The quantitative estimate of drug-likeness (QED) is 0.312. The van der Waals surface area contributed by atoms with E-state index in [9.17, 15) is 13.2 Å². The number of carbonyl (C=O) groups is 1. The maximum atomic E-state index is 13.0. The molecule has 38 heavy (non-hydrogen) atoms. The van der Waals surface area contributed by atoms with Crippen LogP contribution in [0.25, 0.3) is 0 Å². The molecule has 6 atom stereocenters. The summed E-state index contributed by atoms with van der Waals surface area (Å²) in [5.41, 5.74) is 1.83. The Kier molecular flexibility index (Phi) is 8.18. The summed E-state index contributed by atoms with van der Waals surface area (Å²) in [6, 6.07) is 27.0. The van der Waals surface area contributed by atoms with E-state index in [0.717, 1.165) is 17.4 Å². The number of esters is 1. The maximum absolute atomic E-state index is 13.0. The second kappa shape index (κ2) is 11.7. The zero-order valence-electron chi connectivity index (χ0n) is 20.6. The van der Waals surface area contributed by atoms with Crippen LogP contribution in [0, 0.1) is 0 Å². The Morgan fingerprint density at radius 1 is 0.842 bits per heavy atom. The Balaban J connectivity index is 1.47. The topological polar surface area (TPSA) is 107 Å². The van der Waals surface area contributed by atoms with Crippen molar-refractivity contribution in [3.8, 4) is 0 Å². The van der Waals surface area contributed by atoms with E-state index in [4.69, 9.17) is 27.9 Å². The van der Waals surface area contributed by atoms with Gasteiger partial charge in [0.25, 0.3) is 10.1 Å². The monoisotopic (exact) mass is 540 g/mol. The van der Waals surface area contributed by atoms with Gasteiger partial charge >= 0.3 is 5.97 Å². The molecule has 0 N–H and O–H groups in total. The number of carbonyl (C=O) groups excluding carboxylic acids is 1. The predicted molar refractivity (Wildman–Crippen MR) is 135 cm³/mol. The van der Waals surface area contributed by atoms with Crippen LogP contribution in [0.2, 0.25) is 0 Å². The molecular formula is C28H28O9S. The van der Waals surface area contributed by atoms with Crippen molar-refractivity contribution in [1.82, 2.24) is 0 Å². The van der Waals surface area contributed by atoms with Crippen LogP contribution >= 0.6 is 0 Å². The van der Waals surface area contributed by atoms with Gasteiger partial charge in [-0.2, -0.15) is 8.42 Å². The Morgan fingerprint density at radius 3 is 2.03 bits per heavy atom. The zero-order chi connectivity index (χ0) is 26.5. The fourth-order valence-electron chi connectivity index (χ4n) is 4.38. The van der Waals surface area contributed by atoms with Crippen molar-refractivity contribution in [2.24, 2.45) is 0 Å². The molecule has 0 spiro atoms. The van der Waals surface area contributed by atoms with Crippen molar-refractivity contribution in [2.45, 2.75) is 37.0 Å². The summed E-state index contributed by atoms with van der Waals surface area (Å²) in [5, 5.41) is 0. The molecule has 0 bridgehead atoms. The van der Waals surface area contributed by atoms with Gasteiger partial charge in [-0.25, -0.2) is 4.79 Å². The van der Waals surface area contributed by atoms with Crippen LogP contribution in [-0.2, 0) is 38.0 Å². The first kappa shape index (κ1) is 26.5. The summed E-state index contributed by atoms with van der Waals surface area (Å²) in [4.78, 5) is 13.0. The lowest BCUT2D eigenvalue weighted by molar-refractivity contribution is -0.373. The van der Waals surface area contributed by atoms with Crippen molar-refractivity contribution < 1.29 is 41.1 Å². The Bertz CT molecular complexity index is 1300. The minimum Gasteiger partial charge on any atom is -0.453 e. The molecule has 5 rings (SSSR count). The first-order valence-corrected chi connectivity index (χ1v) is 14.0. The summed E-state index contributed by atoms with van der Waals surface area (Å²) in [6.07, 6.45) is -4.06. The van der Waals surface area contributed by atoms with Gasteiger partial charge in [-0.3, -0.25) is 4.18 Å². The number of hydrogen-bond donors (Lipinski definition) is 0. The van der Waals surface area contributed by atoms with Gasteiger partial charge in [-0.05, 0) is 12.1 Å². The SMILES string of the molecule is CS(=O)(=O)OC[C@@H](OC(=O)c1ccccc1)[C@H]1OC(c2ccccc2)O[C@H]2COC(c3ccccc3)O[C@@H]12. The van der Waals surface area contributed by atoms with Gasteiger partial charge < -0.3 is 23.7 Å². The summed E-state index contributed by atoms with van der Waals surface area (Å²) in [7, 11) is -3.85. The molecule has 2 aliphatic heterocycles. The van der Waals surface area contributed by atoms with Crippen LogP contribution in [0.1, 0.15) is 34.1 Å². The molecule has 2 unspecified atom stereocenters. The minimum absolute atomic E-state index is 0.180. The van der Waals surface area contributed by atoms with Crippen molar-refractivity contribution >= 4 is 16.1 Å². The van der Waals surface area contributed by atoms with Crippen LogP contribution < -0.4 is 0 Å². The predicted octanol–water partition coefficient (Wildman–Crippen LogP) is 3.79. The van der Waals surface area contributed by atoms with Crippen molar-refractivity contribution in [2.75, 3.05) is 19.5 Å². The Hall–Kier alpha value is -3.12. The standard InChI is InChI=1S/C28H28O9S/c1-38(30,31)33-18-23(34-26(29)19-11-5-2-6-12-19)25-24-22(35-28(37-25)21-15-9-4-10-16-21)17-32-27(36-24)20-13-7-3-8-14-20/h2-16,22-25,27-28H,17-18H2,1H3/t22-,23+,24+,25+,27?,28?/m0/s1. The lowest BCUT2D eigenvalue weighted by Gasteiger charge is -2.47. The third-order valence-electron chi connectivity index (χ3n) is 6.19. The van der Waals surface area contributed by atoms with Crippen molar-refractivity contribution in [3.63, 3.8) is 0 Å². The molecule has 3 aromatic carbocycles. The summed E-state index contributed by atoms with van der Waals surface area (Å²) >= 11 is 0. The molecule has 0 radical (unpaired) electrons. The number of benzene rings is 3. The van der Waals surface area contributed by atoms with Gasteiger partial charge in [0, 0.05) is 11.1 Å². The summed E-state index contributed by atoms with van der Waals surface area (Å²) in [6.45, 7) is -0.285.